The minimum absolute atomic E-state index is 0.0742. The Hall–Kier alpha value is -2.37. The lowest BCUT2D eigenvalue weighted by atomic mass is 10.1. The molecule has 136 valence electrons. The number of hydrogen-bond donors (Lipinski definition) is 1. The Bertz CT molecular complexity index is 819. The monoisotopic (exact) mass is 395 g/mol. The summed E-state index contributed by atoms with van der Waals surface area (Å²) in [5, 5.41) is 3.42. The largest absolute Gasteiger partial charge is 0.452 e. The van der Waals surface area contributed by atoms with E-state index in [0.29, 0.717) is 5.02 Å². The number of carbonyl (C=O) groups is 2. The predicted molar refractivity (Wildman–Crippen MR) is 99.4 cm³/mol. The molecule has 1 atom stereocenters. The minimum atomic E-state index is -0.783. The lowest BCUT2D eigenvalue weighted by molar-refractivity contribution is -0.144. The number of carbonyl (C=O) groups excluding carboxylic acids is 2. The van der Waals surface area contributed by atoms with Crippen molar-refractivity contribution in [2.24, 2.45) is 0 Å². The predicted octanol–water partition coefficient (Wildman–Crippen LogP) is 4.57. The Morgan fingerprint density at radius 3 is 2.65 bits per heavy atom. The second kappa shape index (κ2) is 9.36. The first-order chi connectivity index (χ1) is 12.4. The molecule has 0 aliphatic heterocycles. The highest BCUT2D eigenvalue weighted by Crippen LogP contribution is 2.20. The SMILES string of the molecule is C[C@@H](NC(=O)COC(=O)/C=C/c1c(F)cccc1Cl)c1cccc(Cl)c1. The molecule has 26 heavy (non-hydrogen) atoms. The van der Waals surface area contributed by atoms with Gasteiger partial charge in [0, 0.05) is 16.7 Å². The number of amides is 1. The third-order valence-corrected chi connectivity index (χ3v) is 4.02. The average molecular weight is 396 g/mol. The molecule has 0 radical (unpaired) electrons. The van der Waals surface area contributed by atoms with Gasteiger partial charge >= 0.3 is 5.97 Å². The van der Waals surface area contributed by atoms with E-state index in [9.17, 15) is 14.0 Å². The van der Waals surface area contributed by atoms with Crippen LogP contribution < -0.4 is 5.32 Å². The van der Waals surface area contributed by atoms with Crippen LogP contribution >= 0.6 is 23.2 Å². The first-order valence-corrected chi connectivity index (χ1v) is 8.46. The fraction of sp³-hybridized carbons (Fsp3) is 0.158. The van der Waals surface area contributed by atoms with Crippen LogP contribution in [0.5, 0.6) is 0 Å². The summed E-state index contributed by atoms with van der Waals surface area (Å²) in [6, 6.07) is 10.9. The van der Waals surface area contributed by atoms with Crippen LogP contribution in [0.25, 0.3) is 6.08 Å². The zero-order chi connectivity index (χ0) is 19.1. The number of esters is 1. The zero-order valence-electron chi connectivity index (χ0n) is 13.8. The first-order valence-electron chi connectivity index (χ1n) is 7.70. The van der Waals surface area contributed by atoms with Crippen molar-refractivity contribution in [1.82, 2.24) is 5.32 Å². The third kappa shape index (κ3) is 5.86. The molecule has 0 saturated heterocycles. The van der Waals surface area contributed by atoms with Crippen molar-refractivity contribution in [3.63, 3.8) is 0 Å². The fourth-order valence-electron chi connectivity index (χ4n) is 2.15. The van der Waals surface area contributed by atoms with Crippen LogP contribution in [0.2, 0.25) is 10.0 Å². The van der Waals surface area contributed by atoms with Gasteiger partial charge in [0.15, 0.2) is 6.61 Å². The van der Waals surface area contributed by atoms with Gasteiger partial charge < -0.3 is 10.1 Å². The molecule has 0 aliphatic rings. The van der Waals surface area contributed by atoms with Crippen molar-refractivity contribution in [3.05, 3.63) is 75.5 Å². The number of hydrogen-bond acceptors (Lipinski definition) is 3. The van der Waals surface area contributed by atoms with E-state index < -0.39 is 24.3 Å². The molecule has 2 rings (SSSR count). The van der Waals surface area contributed by atoms with Gasteiger partial charge in [0.1, 0.15) is 5.82 Å². The van der Waals surface area contributed by atoms with E-state index in [4.69, 9.17) is 27.9 Å². The van der Waals surface area contributed by atoms with Crippen LogP contribution in [-0.2, 0) is 14.3 Å². The summed E-state index contributed by atoms with van der Waals surface area (Å²) in [7, 11) is 0. The van der Waals surface area contributed by atoms with Gasteiger partial charge in [0.25, 0.3) is 5.91 Å². The summed E-state index contributed by atoms with van der Waals surface area (Å²) in [6.07, 6.45) is 2.21. The van der Waals surface area contributed by atoms with Crippen molar-refractivity contribution in [2.75, 3.05) is 6.61 Å². The van der Waals surface area contributed by atoms with E-state index in [0.717, 1.165) is 11.6 Å². The molecule has 0 spiro atoms. The molecule has 0 bridgehead atoms. The van der Waals surface area contributed by atoms with Crippen LogP contribution in [0.3, 0.4) is 0 Å². The topological polar surface area (TPSA) is 55.4 Å². The van der Waals surface area contributed by atoms with Crippen molar-refractivity contribution in [1.29, 1.82) is 0 Å². The number of benzene rings is 2. The van der Waals surface area contributed by atoms with Gasteiger partial charge in [-0.15, -0.1) is 0 Å². The van der Waals surface area contributed by atoms with Gasteiger partial charge in [-0.2, -0.15) is 0 Å². The second-order valence-corrected chi connectivity index (χ2v) is 6.26. The summed E-state index contributed by atoms with van der Waals surface area (Å²) >= 11 is 11.8. The molecule has 0 aliphatic carbocycles. The van der Waals surface area contributed by atoms with Gasteiger partial charge in [-0.3, -0.25) is 4.79 Å². The molecule has 0 aromatic heterocycles. The van der Waals surface area contributed by atoms with E-state index in [-0.39, 0.29) is 16.6 Å². The quantitative estimate of drug-likeness (QED) is 0.575. The van der Waals surface area contributed by atoms with E-state index >= 15 is 0 Å². The third-order valence-electron chi connectivity index (χ3n) is 3.46. The number of ether oxygens (including phenoxy) is 1. The Kier molecular flexibility index (Phi) is 7.18. The van der Waals surface area contributed by atoms with E-state index in [1.165, 1.54) is 24.3 Å². The van der Waals surface area contributed by atoms with Crippen LogP contribution in [0.4, 0.5) is 4.39 Å². The summed E-state index contributed by atoms with van der Waals surface area (Å²) in [5.74, 6) is -1.81. The maximum atomic E-state index is 13.6. The normalized spacial score (nSPS) is 12.0. The molecular weight excluding hydrogens is 380 g/mol. The maximum absolute atomic E-state index is 13.6. The number of halogens is 3. The van der Waals surface area contributed by atoms with Gasteiger partial charge in [-0.25, -0.2) is 9.18 Å². The Morgan fingerprint density at radius 1 is 1.23 bits per heavy atom. The van der Waals surface area contributed by atoms with Crippen molar-refractivity contribution in [2.45, 2.75) is 13.0 Å². The highest BCUT2D eigenvalue weighted by molar-refractivity contribution is 6.32. The van der Waals surface area contributed by atoms with Crippen LogP contribution in [-0.4, -0.2) is 18.5 Å². The van der Waals surface area contributed by atoms with Gasteiger partial charge in [-0.05, 0) is 42.8 Å². The fourth-order valence-corrected chi connectivity index (χ4v) is 2.57. The summed E-state index contributed by atoms with van der Waals surface area (Å²) in [4.78, 5) is 23.5. The smallest absolute Gasteiger partial charge is 0.331 e. The molecule has 0 heterocycles. The molecule has 0 unspecified atom stereocenters. The van der Waals surface area contributed by atoms with Crippen molar-refractivity contribution < 1.29 is 18.7 Å². The van der Waals surface area contributed by atoms with E-state index in [2.05, 4.69) is 5.32 Å². The van der Waals surface area contributed by atoms with Crippen LogP contribution in [0.1, 0.15) is 24.1 Å². The number of nitrogens with one attached hydrogen (secondary N) is 1. The lowest BCUT2D eigenvalue weighted by Crippen LogP contribution is -2.30. The van der Waals surface area contributed by atoms with Crippen molar-refractivity contribution >= 4 is 41.2 Å². The van der Waals surface area contributed by atoms with Gasteiger partial charge in [-0.1, -0.05) is 41.4 Å². The first kappa shape index (κ1) is 19.9. The molecule has 4 nitrogen and oxygen atoms in total. The van der Waals surface area contributed by atoms with Crippen LogP contribution in [0.15, 0.2) is 48.5 Å². The maximum Gasteiger partial charge on any atom is 0.331 e. The lowest BCUT2D eigenvalue weighted by Gasteiger charge is -2.14. The molecule has 1 N–H and O–H groups in total. The Morgan fingerprint density at radius 2 is 1.96 bits per heavy atom. The van der Waals surface area contributed by atoms with Crippen molar-refractivity contribution in [3.8, 4) is 0 Å². The highest BCUT2D eigenvalue weighted by Gasteiger charge is 2.11. The minimum Gasteiger partial charge on any atom is -0.452 e. The number of rotatable bonds is 6. The Labute approximate surface area is 160 Å². The van der Waals surface area contributed by atoms with Gasteiger partial charge in [0.05, 0.1) is 11.1 Å². The molecule has 7 heteroatoms. The summed E-state index contributed by atoms with van der Waals surface area (Å²) in [5.41, 5.74) is 0.899. The van der Waals surface area contributed by atoms with Crippen LogP contribution in [0, 0.1) is 5.82 Å². The molecule has 0 fully saturated rings. The molecule has 1 amide bonds. The molecule has 2 aromatic rings. The van der Waals surface area contributed by atoms with E-state index in [1.807, 2.05) is 6.07 Å². The summed E-state index contributed by atoms with van der Waals surface area (Å²) in [6.45, 7) is 1.32. The van der Waals surface area contributed by atoms with E-state index in [1.54, 1.807) is 25.1 Å². The Balaban J connectivity index is 1.85. The average Bonchev–Trinajstić information content (AvgIpc) is 2.59. The zero-order valence-corrected chi connectivity index (χ0v) is 15.4. The highest BCUT2D eigenvalue weighted by atomic mass is 35.5. The summed E-state index contributed by atoms with van der Waals surface area (Å²) < 4.78 is 18.4. The molecular formula is C19H16Cl2FNO3. The second-order valence-electron chi connectivity index (χ2n) is 5.42. The molecule has 2 aromatic carbocycles. The standard InChI is InChI=1S/C19H16Cl2FNO3/c1-12(13-4-2-5-14(20)10-13)23-18(24)11-26-19(25)9-8-15-16(21)6-3-7-17(15)22/h2-10,12H,11H2,1H3,(H,23,24)/b9-8+/t12-/m1/s1. The van der Waals surface area contributed by atoms with Gasteiger partial charge in [0.2, 0.25) is 0 Å². The molecule has 0 saturated carbocycles.